The van der Waals surface area contributed by atoms with Gasteiger partial charge >= 0.3 is 0 Å². The molecule has 2 aliphatic carbocycles. The van der Waals surface area contributed by atoms with Crippen LogP contribution in [0.1, 0.15) is 25.7 Å². The van der Waals surface area contributed by atoms with E-state index in [4.69, 9.17) is 5.26 Å². The van der Waals surface area contributed by atoms with Gasteiger partial charge in [0, 0.05) is 0 Å². The molecule has 0 saturated heterocycles. The van der Waals surface area contributed by atoms with Gasteiger partial charge in [-0.1, -0.05) is 6.42 Å². The second-order valence-corrected chi connectivity index (χ2v) is 3.73. The third kappa shape index (κ3) is 0.956. The van der Waals surface area contributed by atoms with Crippen LogP contribution in [0.25, 0.3) is 0 Å². The maximum absolute atomic E-state index is 8.25. The van der Waals surface area contributed by atoms with Gasteiger partial charge in [-0.05, 0) is 37.0 Å². The third-order valence-electron chi connectivity index (χ3n) is 3.17. The molecule has 0 radical (unpaired) electrons. The average molecular weight is 142 g/mol. The summed E-state index contributed by atoms with van der Waals surface area (Å²) in [5, 5.41) is 8.25. The van der Waals surface area contributed by atoms with E-state index in [1.165, 1.54) is 25.7 Å². The second-order valence-electron chi connectivity index (χ2n) is 3.73. The molecule has 2 heteroatoms. The number of rotatable bonds is 2. The molecule has 2 fully saturated rings. The van der Waals surface area contributed by atoms with E-state index in [1.54, 1.807) is 0 Å². The molecule has 0 aromatic heterocycles. The van der Waals surface area contributed by atoms with Crippen LogP contribution in [0.4, 0.5) is 0 Å². The van der Waals surface area contributed by atoms with Gasteiger partial charge in [-0.3, -0.25) is 5.26 Å². The van der Waals surface area contributed by atoms with Crippen molar-refractivity contribution in [1.82, 2.24) is 0 Å². The molecule has 0 aromatic rings. The first kappa shape index (κ1) is 6.62. The van der Waals surface area contributed by atoms with Crippen LogP contribution >= 0.6 is 0 Å². The van der Waals surface area contributed by atoms with Gasteiger partial charge in [0.05, 0.1) is 6.61 Å². The van der Waals surface area contributed by atoms with E-state index < -0.39 is 0 Å². The van der Waals surface area contributed by atoms with Crippen molar-refractivity contribution >= 4 is 0 Å². The summed E-state index contributed by atoms with van der Waals surface area (Å²) >= 11 is 0. The normalized spacial score (nSPS) is 44.7. The van der Waals surface area contributed by atoms with Crippen molar-refractivity contribution in [2.45, 2.75) is 25.7 Å². The first-order valence-corrected chi connectivity index (χ1v) is 4.16. The van der Waals surface area contributed by atoms with Gasteiger partial charge in [-0.25, -0.2) is 4.89 Å². The molecule has 2 saturated carbocycles. The van der Waals surface area contributed by atoms with Crippen LogP contribution in [0.15, 0.2) is 0 Å². The SMILES string of the molecule is OOCC1CC2CCC1C2. The lowest BCUT2D eigenvalue weighted by molar-refractivity contribution is -0.253. The van der Waals surface area contributed by atoms with E-state index in [0.29, 0.717) is 12.5 Å². The lowest BCUT2D eigenvalue weighted by Crippen LogP contribution is -2.15. The Balaban J connectivity index is 1.90. The van der Waals surface area contributed by atoms with Crippen LogP contribution < -0.4 is 0 Å². The Hall–Kier alpha value is -0.0800. The smallest absolute Gasteiger partial charge is 0.0850 e. The molecule has 3 atom stereocenters. The fourth-order valence-corrected chi connectivity index (χ4v) is 2.68. The van der Waals surface area contributed by atoms with E-state index >= 15 is 0 Å². The van der Waals surface area contributed by atoms with Gasteiger partial charge in [0.1, 0.15) is 0 Å². The minimum atomic E-state index is 0.571. The third-order valence-corrected chi connectivity index (χ3v) is 3.17. The van der Waals surface area contributed by atoms with Gasteiger partial charge in [-0.2, -0.15) is 0 Å². The zero-order chi connectivity index (χ0) is 6.97. The summed E-state index contributed by atoms with van der Waals surface area (Å²) in [6, 6.07) is 0. The van der Waals surface area contributed by atoms with Gasteiger partial charge in [0.2, 0.25) is 0 Å². The molecule has 2 aliphatic rings. The Bertz CT molecular complexity index is 124. The molecule has 0 heterocycles. The molecule has 0 spiro atoms. The molecule has 3 unspecified atom stereocenters. The molecule has 2 nitrogen and oxygen atoms in total. The highest BCUT2D eigenvalue weighted by Gasteiger charge is 2.39. The monoisotopic (exact) mass is 142 g/mol. The highest BCUT2D eigenvalue weighted by atomic mass is 17.1. The molecule has 1 N–H and O–H groups in total. The molecule has 58 valence electrons. The van der Waals surface area contributed by atoms with Crippen LogP contribution in [-0.4, -0.2) is 11.9 Å². The van der Waals surface area contributed by atoms with Gasteiger partial charge in [-0.15, -0.1) is 0 Å². The lowest BCUT2D eigenvalue weighted by Gasteiger charge is -2.19. The summed E-state index contributed by atoms with van der Waals surface area (Å²) < 4.78 is 0. The largest absolute Gasteiger partial charge is 0.252 e. The van der Waals surface area contributed by atoms with Crippen LogP contribution in [0, 0.1) is 17.8 Å². The van der Waals surface area contributed by atoms with Gasteiger partial charge in [0.25, 0.3) is 0 Å². The Labute approximate surface area is 61.1 Å². The van der Waals surface area contributed by atoms with Gasteiger partial charge in [0.15, 0.2) is 0 Å². The number of hydrogen-bond acceptors (Lipinski definition) is 2. The van der Waals surface area contributed by atoms with Crippen molar-refractivity contribution in [1.29, 1.82) is 0 Å². The molecule has 2 bridgehead atoms. The quantitative estimate of drug-likeness (QED) is 0.471. The van der Waals surface area contributed by atoms with Crippen molar-refractivity contribution in [3.63, 3.8) is 0 Å². The lowest BCUT2D eigenvalue weighted by atomic mass is 9.90. The topological polar surface area (TPSA) is 29.5 Å². The van der Waals surface area contributed by atoms with E-state index in [0.717, 1.165) is 11.8 Å². The van der Waals surface area contributed by atoms with Crippen molar-refractivity contribution in [3.8, 4) is 0 Å². The van der Waals surface area contributed by atoms with Crippen molar-refractivity contribution in [3.05, 3.63) is 0 Å². The summed E-state index contributed by atoms with van der Waals surface area (Å²) in [4.78, 5) is 4.18. The maximum Gasteiger partial charge on any atom is 0.0850 e. The Morgan fingerprint density at radius 1 is 1.30 bits per heavy atom. The molecular formula is C8H14O2. The molecule has 0 aliphatic heterocycles. The fraction of sp³-hybridized carbons (Fsp3) is 1.00. The average Bonchev–Trinajstić information content (AvgIpc) is 2.48. The minimum Gasteiger partial charge on any atom is -0.252 e. The summed E-state index contributed by atoms with van der Waals surface area (Å²) in [6.07, 6.45) is 5.49. The van der Waals surface area contributed by atoms with Gasteiger partial charge < -0.3 is 0 Å². The highest BCUT2D eigenvalue weighted by Crippen LogP contribution is 2.48. The predicted octanol–water partition coefficient (Wildman–Crippen LogP) is 1.91. The summed E-state index contributed by atoms with van der Waals surface area (Å²) in [7, 11) is 0. The summed E-state index contributed by atoms with van der Waals surface area (Å²) in [5.41, 5.74) is 0. The predicted molar refractivity (Wildman–Crippen MR) is 37.5 cm³/mol. The van der Waals surface area contributed by atoms with E-state index in [2.05, 4.69) is 4.89 Å². The first-order valence-electron chi connectivity index (χ1n) is 4.16. The number of fused-ring (bicyclic) bond motifs is 2. The first-order chi connectivity index (χ1) is 4.90. The van der Waals surface area contributed by atoms with E-state index in [-0.39, 0.29) is 0 Å². The van der Waals surface area contributed by atoms with E-state index in [1.807, 2.05) is 0 Å². The molecule has 0 aromatic carbocycles. The van der Waals surface area contributed by atoms with E-state index in [9.17, 15) is 0 Å². The van der Waals surface area contributed by atoms with Crippen LogP contribution in [-0.2, 0) is 4.89 Å². The zero-order valence-electron chi connectivity index (χ0n) is 6.12. The number of hydrogen-bond donors (Lipinski definition) is 1. The van der Waals surface area contributed by atoms with Crippen molar-refractivity contribution in [2.75, 3.05) is 6.61 Å². The van der Waals surface area contributed by atoms with Crippen molar-refractivity contribution < 1.29 is 10.1 Å². The Kier molecular flexibility index (Phi) is 1.66. The minimum absolute atomic E-state index is 0.571. The summed E-state index contributed by atoms with van der Waals surface area (Å²) in [6.45, 7) is 0.571. The molecule has 10 heavy (non-hydrogen) atoms. The Morgan fingerprint density at radius 3 is 2.70 bits per heavy atom. The van der Waals surface area contributed by atoms with Crippen molar-refractivity contribution in [2.24, 2.45) is 17.8 Å². The zero-order valence-corrected chi connectivity index (χ0v) is 6.12. The van der Waals surface area contributed by atoms with Crippen LogP contribution in [0.5, 0.6) is 0 Å². The van der Waals surface area contributed by atoms with Crippen LogP contribution in [0.3, 0.4) is 0 Å². The fourth-order valence-electron chi connectivity index (χ4n) is 2.68. The summed E-state index contributed by atoms with van der Waals surface area (Å²) in [5.74, 6) is 2.51. The highest BCUT2D eigenvalue weighted by molar-refractivity contribution is 4.89. The standard InChI is InChI=1S/C8H14O2/c9-10-5-8-4-6-1-2-7(8)3-6/h6-9H,1-5H2. The second kappa shape index (κ2) is 2.51. The maximum atomic E-state index is 8.25. The molecular weight excluding hydrogens is 128 g/mol. The molecule has 2 rings (SSSR count). The van der Waals surface area contributed by atoms with Crippen LogP contribution in [0.2, 0.25) is 0 Å². The Morgan fingerprint density at radius 2 is 2.20 bits per heavy atom. The molecule has 0 amide bonds.